The molecule has 3 heteroatoms. The Hall–Kier alpha value is -2.13. The van der Waals surface area contributed by atoms with E-state index in [1.54, 1.807) is 36.4 Å². The molecule has 1 amide bonds. The van der Waals surface area contributed by atoms with Crippen molar-refractivity contribution < 1.29 is 9.90 Å². The van der Waals surface area contributed by atoms with Gasteiger partial charge in [0, 0.05) is 0 Å². The van der Waals surface area contributed by atoms with E-state index in [4.69, 9.17) is 5.73 Å². The van der Waals surface area contributed by atoms with Crippen molar-refractivity contribution in [3.63, 3.8) is 0 Å². The van der Waals surface area contributed by atoms with E-state index < -0.39 is 11.5 Å². The fourth-order valence-electron chi connectivity index (χ4n) is 2.10. The number of hydrogen-bond acceptors (Lipinski definition) is 2. The maximum absolute atomic E-state index is 11.8. The molecule has 0 fully saturated rings. The summed E-state index contributed by atoms with van der Waals surface area (Å²) in [4.78, 5) is 11.8. The predicted molar refractivity (Wildman–Crippen MR) is 74.6 cm³/mol. The quantitative estimate of drug-likeness (QED) is 0.881. The number of primary amides is 1. The second kappa shape index (κ2) is 4.86. The zero-order chi connectivity index (χ0) is 14.0. The van der Waals surface area contributed by atoms with E-state index in [1.807, 2.05) is 26.0 Å². The molecule has 0 aliphatic heterocycles. The molecule has 1 atom stereocenters. The molecule has 0 saturated carbocycles. The van der Waals surface area contributed by atoms with Crippen LogP contribution in [-0.2, 0) is 10.4 Å². The van der Waals surface area contributed by atoms with Crippen LogP contribution in [0.1, 0.15) is 22.3 Å². The summed E-state index contributed by atoms with van der Waals surface area (Å²) in [6, 6.07) is 14.2. The van der Waals surface area contributed by atoms with Crippen molar-refractivity contribution in [3.8, 4) is 0 Å². The van der Waals surface area contributed by atoms with E-state index in [0.29, 0.717) is 11.1 Å². The molecular formula is C16H17NO2. The molecule has 3 nitrogen and oxygen atoms in total. The average molecular weight is 255 g/mol. The number of amides is 1. The maximum Gasteiger partial charge on any atom is 0.258 e. The molecule has 0 aromatic heterocycles. The van der Waals surface area contributed by atoms with Crippen LogP contribution in [0.25, 0.3) is 0 Å². The van der Waals surface area contributed by atoms with Gasteiger partial charge in [-0.05, 0) is 36.1 Å². The van der Waals surface area contributed by atoms with Crippen molar-refractivity contribution >= 4 is 5.91 Å². The summed E-state index contributed by atoms with van der Waals surface area (Å²) in [7, 11) is 0. The zero-order valence-electron chi connectivity index (χ0n) is 11.1. The first-order valence-electron chi connectivity index (χ1n) is 6.12. The smallest absolute Gasteiger partial charge is 0.258 e. The molecule has 0 heterocycles. The summed E-state index contributed by atoms with van der Waals surface area (Å²) in [5.41, 5.74) is 6.72. The molecule has 2 aromatic rings. The third-order valence-corrected chi connectivity index (χ3v) is 3.47. The number of aliphatic hydroxyl groups is 1. The summed E-state index contributed by atoms with van der Waals surface area (Å²) in [6.45, 7) is 3.91. The molecule has 0 aliphatic rings. The lowest BCUT2D eigenvalue weighted by molar-refractivity contribution is -0.133. The molecule has 0 spiro atoms. The minimum atomic E-state index is -1.79. The highest BCUT2D eigenvalue weighted by atomic mass is 16.3. The van der Waals surface area contributed by atoms with Crippen molar-refractivity contribution in [2.45, 2.75) is 19.4 Å². The Labute approximate surface area is 112 Å². The van der Waals surface area contributed by atoms with Gasteiger partial charge in [-0.15, -0.1) is 0 Å². The van der Waals surface area contributed by atoms with Gasteiger partial charge in [0.05, 0.1) is 0 Å². The number of benzene rings is 2. The molecule has 98 valence electrons. The maximum atomic E-state index is 11.8. The number of nitrogens with two attached hydrogens (primary N) is 1. The fraction of sp³-hybridized carbons (Fsp3) is 0.188. The predicted octanol–water partition coefficient (Wildman–Crippen LogP) is 2.02. The molecular weight excluding hydrogens is 238 g/mol. The average Bonchev–Trinajstić information content (AvgIpc) is 2.41. The van der Waals surface area contributed by atoms with E-state index in [-0.39, 0.29) is 0 Å². The highest BCUT2D eigenvalue weighted by Gasteiger charge is 2.38. The minimum absolute atomic E-state index is 0.478. The van der Waals surface area contributed by atoms with E-state index in [9.17, 15) is 9.90 Å². The van der Waals surface area contributed by atoms with Gasteiger partial charge in [0.1, 0.15) is 0 Å². The molecule has 0 aliphatic carbocycles. The second-order valence-electron chi connectivity index (χ2n) is 4.74. The number of hydrogen-bond donors (Lipinski definition) is 2. The van der Waals surface area contributed by atoms with Crippen molar-refractivity contribution in [1.82, 2.24) is 0 Å². The van der Waals surface area contributed by atoms with Crippen molar-refractivity contribution in [3.05, 3.63) is 70.8 Å². The second-order valence-corrected chi connectivity index (χ2v) is 4.74. The SMILES string of the molecule is Cc1ccc(C(O)(C(N)=O)c2ccccc2)cc1C. The lowest BCUT2D eigenvalue weighted by Crippen LogP contribution is -2.42. The Morgan fingerprint density at radius 3 is 2.16 bits per heavy atom. The topological polar surface area (TPSA) is 63.3 Å². The van der Waals surface area contributed by atoms with Gasteiger partial charge in [-0.3, -0.25) is 4.79 Å². The van der Waals surface area contributed by atoms with Gasteiger partial charge in [-0.1, -0.05) is 48.5 Å². The highest BCUT2D eigenvalue weighted by molar-refractivity contribution is 5.88. The standard InChI is InChI=1S/C16H17NO2/c1-11-8-9-14(10-12(11)2)16(19,15(17)18)13-6-4-3-5-7-13/h3-10,19H,1-2H3,(H2,17,18). The lowest BCUT2D eigenvalue weighted by Gasteiger charge is -2.26. The number of carbonyl (C=O) groups excluding carboxylic acids is 1. The summed E-state index contributed by atoms with van der Waals surface area (Å²) in [5.74, 6) is -0.776. The summed E-state index contributed by atoms with van der Waals surface area (Å²) in [5, 5.41) is 10.8. The van der Waals surface area contributed by atoms with Gasteiger partial charge in [0.15, 0.2) is 5.60 Å². The Bertz CT molecular complexity index is 607. The van der Waals surface area contributed by atoms with Crippen LogP contribution < -0.4 is 5.73 Å². The largest absolute Gasteiger partial charge is 0.372 e. The third-order valence-electron chi connectivity index (χ3n) is 3.47. The monoisotopic (exact) mass is 255 g/mol. The van der Waals surface area contributed by atoms with E-state index in [1.165, 1.54) is 0 Å². The zero-order valence-corrected chi connectivity index (χ0v) is 11.1. The molecule has 3 N–H and O–H groups in total. The summed E-state index contributed by atoms with van der Waals surface area (Å²) >= 11 is 0. The van der Waals surface area contributed by atoms with Crippen LogP contribution in [0.3, 0.4) is 0 Å². The van der Waals surface area contributed by atoms with Crippen LogP contribution in [0.5, 0.6) is 0 Å². The molecule has 2 aromatic carbocycles. The van der Waals surface area contributed by atoms with Crippen LogP contribution in [0.2, 0.25) is 0 Å². The first kappa shape index (κ1) is 13.3. The lowest BCUT2D eigenvalue weighted by atomic mass is 9.84. The Morgan fingerprint density at radius 2 is 1.63 bits per heavy atom. The van der Waals surface area contributed by atoms with Gasteiger partial charge in [-0.25, -0.2) is 0 Å². The van der Waals surface area contributed by atoms with Crippen molar-refractivity contribution in [1.29, 1.82) is 0 Å². The van der Waals surface area contributed by atoms with Crippen LogP contribution in [-0.4, -0.2) is 11.0 Å². The van der Waals surface area contributed by atoms with E-state index in [0.717, 1.165) is 11.1 Å². The van der Waals surface area contributed by atoms with E-state index >= 15 is 0 Å². The van der Waals surface area contributed by atoms with Crippen LogP contribution in [0.4, 0.5) is 0 Å². The summed E-state index contributed by atoms with van der Waals surface area (Å²) < 4.78 is 0. The Morgan fingerprint density at radius 1 is 1.00 bits per heavy atom. The molecule has 1 unspecified atom stereocenters. The van der Waals surface area contributed by atoms with Gasteiger partial charge in [0.25, 0.3) is 5.91 Å². The molecule has 19 heavy (non-hydrogen) atoms. The minimum Gasteiger partial charge on any atom is -0.372 e. The van der Waals surface area contributed by atoms with Gasteiger partial charge >= 0.3 is 0 Å². The van der Waals surface area contributed by atoms with Crippen LogP contribution in [0, 0.1) is 13.8 Å². The van der Waals surface area contributed by atoms with Crippen LogP contribution in [0.15, 0.2) is 48.5 Å². The Kier molecular flexibility index (Phi) is 3.40. The third kappa shape index (κ3) is 2.25. The van der Waals surface area contributed by atoms with Crippen molar-refractivity contribution in [2.75, 3.05) is 0 Å². The molecule has 0 saturated heterocycles. The first-order chi connectivity index (χ1) is 8.96. The van der Waals surface area contributed by atoms with Gasteiger partial charge in [0.2, 0.25) is 0 Å². The van der Waals surface area contributed by atoms with Gasteiger partial charge in [-0.2, -0.15) is 0 Å². The van der Waals surface area contributed by atoms with Crippen LogP contribution >= 0.6 is 0 Å². The van der Waals surface area contributed by atoms with E-state index in [2.05, 4.69) is 0 Å². The number of aryl methyl sites for hydroxylation is 2. The summed E-state index contributed by atoms with van der Waals surface area (Å²) in [6.07, 6.45) is 0. The fourth-order valence-corrected chi connectivity index (χ4v) is 2.10. The highest BCUT2D eigenvalue weighted by Crippen LogP contribution is 2.30. The Balaban J connectivity index is 2.63. The normalized spacial score (nSPS) is 13.8. The van der Waals surface area contributed by atoms with Gasteiger partial charge < -0.3 is 10.8 Å². The first-order valence-corrected chi connectivity index (χ1v) is 6.12. The van der Waals surface area contributed by atoms with Crippen molar-refractivity contribution in [2.24, 2.45) is 5.73 Å². The molecule has 0 bridgehead atoms. The molecule has 0 radical (unpaired) electrons. The number of rotatable bonds is 3. The molecule has 2 rings (SSSR count). The number of carbonyl (C=O) groups is 1.